The summed E-state index contributed by atoms with van der Waals surface area (Å²) in [5.74, 6) is 0.772. The summed E-state index contributed by atoms with van der Waals surface area (Å²) in [5, 5.41) is 2.96. The molecule has 1 aliphatic rings. The summed E-state index contributed by atoms with van der Waals surface area (Å²) in [4.78, 5) is 33.6. The van der Waals surface area contributed by atoms with Gasteiger partial charge in [0.15, 0.2) is 0 Å². The number of H-pyrrole nitrogens is 1. The minimum atomic E-state index is -3.44. The van der Waals surface area contributed by atoms with E-state index in [-0.39, 0.29) is 17.4 Å². The van der Waals surface area contributed by atoms with Gasteiger partial charge in [-0.25, -0.2) is 13.4 Å². The summed E-state index contributed by atoms with van der Waals surface area (Å²) in [6.45, 7) is 5.52. The number of nitrogens with zero attached hydrogens (tertiary/aromatic N) is 2. The average Bonchev–Trinajstić information content (AvgIpc) is 3.35. The molecule has 0 saturated carbocycles. The maximum absolute atomic E-state index is 13.2. The third-order valence-electron chi connectivity index (χ3n) is 7.29. The van der Waals surface area contributed by atoms with Crippen molar-refractivity contribution in [2.45, 2.75) is 45.4 Å². The van der Waals surface area contributed by atoms with Crippen LogP contribution in [0.5, 0.6) is 0 Å². The number of nitrogens with one attached hydrogen (secondary N) is 3. The van der Waals surface area contributed by atoms with Crippen LogP contribution in [-0.4, -0.2) is 54.7 Å². The number of rotatable bonds is 8. The summed E-state index contributed by atoms with van der Waals surface area (Å²) in [7, 11) is -3.44. The lowest BCUT2D eigenvalue weighted by molar-refractivity contribution is 0.0835. The topological polar surface area (TPSA) is 135 Å². The van der Waals surface area contributed by atoms with Gasteiger partial charge in [-0.05, 0) is 67.5 Å². The van der Waals surface area contributed by atoms with Crippen molar-refractivity contribution in [3.8, 4) is 0 Å². The minimum absolute atomic E-state index is 0.197. The minimum Gasteiger partial charge on any atom is -0.381 e. The van der Waals surface area contributed by atoms with E-state index in [1.807, 2.05) is 36.4 Å². The van der Waals surface area contributed by atoms with Gasteiger partial charge >= 0.3 is 0 Å². The van der Waals surface area contributed by atoms with Crippen LogP contribution in [0.3, 0.4) is 0 Å². The van der Waals surface area contributed by atoms with Crippen molar-refractivity contribution in [1.82, 2.24) is 19.7 Å². The fourth-order valence-electron chi connectivity index (χ4n) is 5.38. The second kappa shape index (κ2) is 10.8. The molecule has 1 aliphatic heterocycles. The molecule has 4 aromatic rings. The van der Waals surface area contributed by atoms with E-state index >= 15 is 0 Å². The molecular formula is C28H33N5O5S. The molecule has 1 amide bonds. The molecule has 0 bridgehead atoms. The van der Waals surface area contributed by atoms with Crippen LogP contribution in [0.15, 0.2) is 41.3 Å². The van der Waals surface area contributed by atoms with Crippen LogP contribution < -0.4 is 15.6 Å². The van der Waals surface area contributed by atoms with E-state index in [2.05, 4.69) is 20.0 Å². The first-order chi connectivity index (χ1) is 18.7. The fraction of sp³-hybridized carbons (Fsp3) is 0.393. The van der Waals surface area contributed by atoms with Gasteiger partial charge in [0, 0.05) is 31.2 Å². The first kappa shape index (κ1) is 26.9. The summed E-state index contributed by atoms with van der Waals surface area (Å²) >= 11 is 0. The maximum Gasteiger partial charge on any atom is 0.274 e. The second-order valence-corrected chi connectivity index (χ2v) is 11.8. The van der Waals surface area contributed by atoms with Gasteiger partial charge in [0.25, 0.3) is 11.5 Å². The highest BCUT2D eigenvalue weighted by molar-refractivity contribution is 7.92. The molecule has 206 valence electrons. The Bertz CT molecular complexity index is 1720. The number of carbonyl (C=O) groups is 1. The first-order valence-electron chi connectivity index (χ1n) is 13.1. The van der Waals surface area contributed by atoms with E-state index in [9.17, 15) is 18.0 Å². The number of hydrogen-bond acceptors (Lipinski definition) is 6. The van der Waals surface area contributed by atoms with Crippen molar-refractivity contribution >= 4 is 38.2 Å². The number of imidazole rings is 1. The molecule has 5 rings (SSSR count). The van der Waals surface area contributed by atoms with Gasteiger partial charge in [0.1, 0.15) is 11.3 Å². The summed E-state index contributed by atoms with van der Waals surface area (Å²) < 4.78 is 33.7. The van der Waals surface area contributed by atoms with Crippen molar-refractivity contribution in [2.24, 2.45) is 0 Å². The van der Waals surface area contributed by atoms with Gasteiger partial charge in [-0.3, -0.25) is 18.7 Å². The lowest BCUT2D eigenvalue weighted by atomic mass is 9.99. The number of sulfonamides is 1. The van der Waals surface area contributed by atoms with Crippen molar-refractivity contribution < 1.29 is 17.9 Å². The number of carbonyl (C=O) groups excluding carboxylic acids is 1. The summed E-state index contributed by atoms with van der Waals surface area (Å²) in [6.07, 6.45) is 5.61. The summed E-state index contributed by atoms with van der Waals surface area (Å²) in [5.41, 5.74) is 5.21. The third-order valence-corrected chi connectivity index (χ3v) is 7.89. The smallest absolute Gasteiger partial charge is 0.274 e. The first-order valence-corrected chi connectivity index (χ1v) is 15.0. The molecule has 1 saturated heterocycles. The van der Waals surface area contributed by atoms with Crippen LogP contribution in [0.4, 0.5) is 5.69 Å². The zero-order valence-electron chi connectivity index (χ0n) is 22.3. The molecule has 2 aromatic carbocycles. The van der Waals surface area contributed by atoms with Crippen molar-refractivity contribution in [3.63, 3.8) is 0 Å². The lowest BCUT2D eigenvalue weighted by Crippen LogP contribution is -2.27. The normalized spacial score (nSPS) is 14.6. The highest BCUT2D eigenvalue weighted by atomic mass is 32.2. The van der Waals surface area contributed by atoms with Gasteiger partial charge < -0.3 is 15.0 Å². The molecule has 0 atom stereocenters. The molecule has 3 heterocycles. The van der Waals surface area contributed by atoms with E-state index in [1.165, 1.54) is 0 Å². The molecular weight excluding hydrogens is 518 g/mol. The number of amides is 1. The Balaban J connectivity index is 1.42. The van der Waals surface area contributed by atoms with E-state index in [0.29, 0.717) is 48.5 Å². The highest BCUT2D eigenvalue weighted by Crippen LogP contribution is 2.29. The highest BCUT2D eigenvalue weighted by Gasteiger charge is 2.23. The van der Waals surface area contributed by atoms with Crippen molar-refractivity contribution in [2.75, 3.05) is 30.7 Å². The molecule has 0 unspecified atom stereocenters. The van der Waals surface area contributed by atoms with Gasteiger partial charge in [0.05, 0.1) is 29.2 Å². The molecule has 0 aliphatic carbocycles. The van der Waals surface area contributed by atoms with Crippen LogP contribution >= 0.6 is 0 Å². The maximum atomic E-state index is 13.2. The number of aromatic amines is 1. The SMILES string of the molecule is CCc1cccc(NS(C)(=O)=O)c1CCNC(=O)c1cc2[nH]c(=O)c3cnc(C4CCOCC4)n3c2cc1C. The molecule has 0 spiro atoms. The molecule has 1 fully saturated rings. The Morgan fingerprint density at radius 1 is 1.21 bits per heavy atom. The third kappa shape index (κ3) is 5.55. The van der Waals surface area contributed by atoms with E-state index in [0.717, 1.165) is 53.5 Å². The number of fused-ring (bicyclic) bond motifs is 3. The number of anilines is 1. The Morgan fingerprint density at radius 2 is 1.97 bits per heavy atom. The number of hydrogen-bond donors (Lipinski definition) is 3. The lowest BCUT2D eigenvalue weighted by Gasteiger charge is -2.21. The van der Waals surface area contributed by atoms with Gasteiger partial charge in [-0.1, -0.05) is 19.1 Å². The number of aryl methyl sites for hydroxylation is 2. The molecule has 39 heavy (non-hydrogen) atoms. The predicted octanol–water partition coefficient (Wildman–Crippen LogP) is 3.28. The molecule has 3 N–H and O–H groups in total. The number of aromatic nitrogens is 3. The quantitative estimate of drug-likeness (QED) is 0.308. The average molecular weight is 552 g/mol. The predicted molar refractivity (Wildman–Crippen MR) is 151 cm³/mol. The van der Waals surface area contributed by atoms with Crippen LogP contribution in [0.1, 0.15) is 58.6 Å². The van der Waals surface area contributed by atoms with E-state index in [1.54, 1.807) is 18.3 Å². The molecule has 0 radical (unpaired) electrons. The van der Waals surface area contributed by atoms with E-state index in [4.69, 9.17) is 4.74 Å². The van der Waals surface area contributed by atoms with Gasteiger partial charge in [0.2, 0.25) is 10.0 Å². The zero-order chi connectivity index (χ0) is 27.7. The number of benzene rings is 2. The Kier molecular flexibility index (Phi) is 7.46. The Hall–Kier alpha value is -3.70. The van der Waals surface area contributed by atoms with Crippen molar-refractivity contribution in [3.05, 3.63) is 75.0 Å². The fourth-order valence-corrected chi connectivity index (χ4v) is 5.98. The molecule has 10 nitrogen and oxygen atoms in total. The van der Waals surface area contributed by atoms with Gasteiger partial charge in [-0.15, -0.1) is 0 Å². The Labute approximate surface area is 226 Å². The van der Waals surface area contributed by atoms with E-state index < -0.39 is 10.0 Å². The summed E-state index contributed by atoms with van der Waals surface area (Å²) in [6, 6.07) is 9.13. The largest absolute Gasteiger partial charge is 0.381 e. The molecule has 11 heteroatoms. The monoisotopic (exact) mass is 551 g/mol. The zero-order valence-corrected chi connectivity index (χ0v) is 23.2. The second-order valence-electron chi connectivity index (χ2n) is 10.0. The van der Waals surface area contributed by atoms with Gasteiger partial charge in [-0.2, -0.15) is 0 Å². The molecule has 2 aromatic heterocycles. The Morgan fingerprint density at radius 3 is 2.69 bits per heavy atom. The number of ether oxygens (including phenoxy) is 1. The van der Waals surface area contributed by atoms with Crippen LogP contribution in [-0.2, 0) is 27.6 Å². The van der Waals surface area contributed by atoms with Crippen LogP contribution in [0.2, 0.25) is 0 Å². The van der Waals surface area contributed by atoms with Crippen molar-refractivity contribution in [1.29, 1.82) is 0 Å². The standard InChI is InChI=1S/C28H33N5O5S/c1-4-18-6-5-7-22(32-39(3,36)37)20(18)8-11-29-27(34)21-15-23-24(14-17(21)2)33-25(28(35)31-23)16-30-26(33)19-9-12-38-13-10-19/h5-7,14-16,19,32H,4,8-13H2,1-3H3,(H,29,34)(H,31,35). The van der Waals surface area contributed by atoms with Crippen LogP contribution in [0.25, 0.3) is 16.6 Å². The van der Waals surface area contributed by atoms with Crippen LogP contribution in [0, 0.1) is 6.92 Å².